The Hall–Kier alpha value is -3.15. The molecule has 3 fully saturated rings. The minimum Gasteiger partial charge on any atom is -0.379 e. The molecule has 2 aromatic heterocycles. The average Bonchev–Trinajstić information content (AvgIpc) is 3.20. The van der Waals surface area contributed by atoms with E-state index in [1.165, 1.54) is 0 Å². The molecule has 9 heteroatoms. The van der Waals surface area contributed by atoms with Gasteiger partial charge in [-0.1, -0.05) is 53.5 Å². The van der Waals surface area contributed by atoms with Crippen molar-refractivity contribution in [3.63, 3.8) is 0 Å². The molecule has 3 atom stereocenters. The van der Waals surface area contributed by atoms with E-state index in [4.69, 9.17) is 38.0 Å². The van der Waals surface area contributed by atoms with Crippen LogP contribution in [0.5, 0.6) is 0 Å². The maximum Gasteiger partial charge on any atom is 0.166 e. The molecule has 192 valence electrons. The predicted molar refractivity (Wildman–Crippen MR) is 149 cm³/mol. The summed E-state index contributed by atoms with van der Waals surface area (Å²) in [6.45, 7) is 6.68. The van der Waals surface area contributed by atoms with Crippen molar-refractivity contribution in [3.05, 3.63) is 70.3 Å². The van der Waals surface area contributed by atoms with Crippen molar-refractivity contribution in [1.29, 1.82) is 5.26 Å². The molecule has 3 aliphatic rings. The van der Waals surface area contributed by atoms with Crippen molar-refractivity contribution in [2.24, 2.45) is 11.8 Å². The number of piperidine rings is 1. The van der Waals surface area contributed by atoms with E-state index in [2.05, 4.69) is 21.9 Å². The minimum atomic E-state index is -0.372. The third-order valence-electron chi connectivity index (χ3n) is 8.34. The van der Waals surface area contributed by atoms with E-state index in [-0.39, 0.29) is 5.54 Å². The van der Waals surface area contributed by atoms with Crippen molar-refractivity contribution in [3.8, 4) is 28.5 Å². The van der Waals surface area contributed by atoms with E-state index >= 15 is 0 Å². The fourth-order valence-electron chi connectivity index (χ4n) is 6.50. The highest BCUT2D eigenvalue weighted by Crippen LogP contribution is 2.59. The van der Waals surface area contributed by atoms with Gasteiger partial charge in [-0.2, -0.15) is 14.9 Å². The Morgan fingerprint density at radius 1 is 1.03 bits per heavy atom. The fourth-order valence-corrected chi connectivity index (χ4v) is 6.85. The number of hydrogen-bond donors (Lipinski definition) is 0. The van der Waals surface area contributed by atoms with Gasteiger partial charge in [-0.3, -0.25) is 4.90 Å². The van der Waals surface area contributed by atoms with Crippen LogP contribution in [0.15, 0.2) is 54.6 Å². The van der Waals surface area contributed by atoms with Crippen LogP contribution in [0, 0.1) is 30.1 Å². The Labute approximate surface area is 231 Å². The fraction of sp³-hybridized carbons (Fsp3) is 0.345. The van der Waals surface area contributed by atoms with Crippen LogP contribution in [0.1, 0.15) is 5.69 Å². The summed E-state index contributed by atoms with van der Waals surface area (Å²) in [7, 11) is 0. The van der Waals surface area contributed by atoms with Crippen LogP contribution >= 0.6 is 23.2 Å². The number of fused-ring (bicyclic) bond motifs is 2. The molecule has 0 N–H and O–H groups in total. The number of nitriles is 1. The maximum absolute atomic E-state index is 10.2. The molecule has 2 aromatic carbocycles. The molecule has 0 amide bonds. The molecular formula is C29H26Cl2N6O. The molecule has 2 saturated heterocycles. The van der Waals surface area contributed by atoms with Gasteiger partial charge >= 0.3 is 0 Å². The highest BCUT2D eigenvalue weighted by Gasteiger charge is 2.72. The molecule has 2 aliphatic heterocycles. The molecule has 4 heterocycles. The molecule has 0 radical (unpaired) electrons. The normalized spacial score (nSPS) is 24.9. The molecule has 1 aliphatic carbocycles. The smallest absolute Gasteiger partial charge is 0.166 e. The quantitative estimate of drug-likeness (QED) is 0.345. The second-order valence-electron chi connectivity index (χ2n) is 10.4. The summed E-state index contributed by atoms with van der Waals surface area (Å²) in [6, 6.07) is 20.3. The molecule has 7 nitrogen and oxygen atoms in total. The van der Waals surface area contributed by atoms with Crippen molar-refractivity contribution in [2.75, 3.05) is 44.3 Å². The van der Waals surface area contributed by atoms with Crippen LogP contribution in [0.2, 0.25) is 10.0 Å². The van der Waals surface area contributed by atoms with Crippen molar-refractivity contribution in [1.82, 2.24) is 19.5 Å². The standard InChI is InChI=1S/C29H26Cl2N6O/c1-18-14-25(35-15-22-23(16-35)29(22,17-32)36-10-12-38-13-11-36)37-28(33-18)26(19-6-8-20(30)9-7-19)27(34-37)21-4-2-3-5-24(21)31/h2-9,14,22-23H,10-13,15-16H2,1H3/t22-,23+,29?. The molecular weight excluding hydrogens is 519 g/mol. The van der Waals surface area contributed by atoms with Gasteiger partial charge in [0.05, 0.1) is 29.9 Å². The number of aromatic nitrogens is 3. The topological polar surface area (TPSA) is 69.7 Å². The Bertz CT molecular complexity index is 1580. The van der Waals surface area contributed by atoms with Gasteiger partial charge in [0.2, 0.25) is 0 Å². The van der Waals surface area contributed by atoms with Crippen molar-refractivity contribution < 1.29 is 4.74 Å². The van der Waals surface area contributed by atoms with Crippen LogP contribution in [0.4, 0.5) is 5.82 Å². The lowest BCUT2D eigenvalue weighted by Gasteiger charge is -2.35. The Balaban J connectivity index is 1.33. The Kier molecular flexibility index (Phi) is 5.64. The number of ether oxygens (including phenoxy) is 1. The van der Waals surface area contributed by atoms with Crippen LogP contribution < -0.4 is 4.90 Å². The first-order chi connectivity index (χ1) is 18.5. The third-order valence-corrected chi connectivity index (χ3v) is 8.92. The first kappa shape index (κ1) is 23.9. The number of aryl methyl sites for hydroxylation is 1. The van der Waals surface area contributed by atoms with Crippen LogP contribution in [-0.4, -0.2) is 64.4 Å². The van der Waals surface area contributed by atoms with Crippen molar-refractivity contribution in [2.45, 2.75) is 12.5 Å². The highest BCUT2D eigenvalue weighted by atomic mass is 35.5. The van der Waals surface area contributed by atoms with E-state index in [0.717, 1.165) is 65.7 Å². The molecule has 38 heavy (non-hydrogen) atoms. The number of nitrogens with zero attached hydrogens (tertiary/aromatic N) is 6. The van der Waals surface area contributed by atoms with Gasteiger partial charge in [0.25, 0.3) is 0 Å². The van der Waals surface area contributed by atoms with Gasteiger partial charge in [0, 0.05) is 60.4 Å². The van der Waals surface area contributed by atoms with Crippen LogP contribution in [0.25, 0.3) is 28.0 Å². The van der Waals surface area contributed by atoms with Gasteiger partial charge in [0.15, 0.2) is 5.65 Å². The number of anilines is 1. The summed E-state index contributed by atoms with van der Waals surface area (Å²) in [5, 5.41) is 16.7. The lowest BCUT2D eigenvalue weighted by molar-refractivity contribution is 0.0148. The van der Waals surface area contributed by atoms with Gasteiger partial charge in [0.1, 0.15) is 17.1 Å². The molecule has 0 spiro atoms. The average molecular weight is 545 g/mol. The molecule has 1 saturated carbocycles. The van der Waals surface area contributed by atoms with E-state index in [0.29, 0.717) is 35.1 Å². The van der Waals surface area contributed by atoms with Crippen LogP contribution in [-0.2, 0) is 4.74 Å². The number of halogens is 2. The molecule has 4 aromatic rings. The first-order valence-electron chi connectivity index (χ1n) is 12.9. The molecule has 1 unspecified atom stereocenters. The number of hydrogen-bond acceptors (Lipinski definition) is 6. The van der Waals surface area contributed by atoms with E-state index in [9.17, 15) is 5.26 Å². The van der Waals surface area contributed by atoms with E-state index < -0.39 is 0 Å². The molecule has 0 bridgehead atoms. The zero-order chi connectivity index (χ0) is 26.0. The summed E-state index contributed by atoms with van der Waals surface area (Å²) in [5.41, 5.74) is 4.84. The lowest BCUT2D eigenvalue weighted by Crippen LogP contribution is -2.49. The maximum atomic E-state index is 10.2. The number of rotatable bonds is 4. The highest BCUT2D eigenvalue weighted by molar-refractivity contribution is 6.33. The predicted octanol–water partition coefficient (Wildman–Crippen LogP) is 5.34. The Morgan fingerprint density at radius 2 is 1.74 bits per heavy atom. The third kappa shape index (κ3) is 3.55. The second kappa shape index (κ2) is 8.96. The first-order valence-corrected chi connectivity index (χ1v) is 13.7. The summed E-state index contributed by atoms with van der Waals surface area (Å²) < 4.78 is 7.49. The zero-order valence-corrected chi connectivity index (χ0v) is 22.5. The summed E-state index contributed by atoms with van der Waals surface area (Å²) >= 11 is 12.9. The monoisotopic (exact) mass is 544 g/mol. The summed E-state index contributed by atoms with van der Waals surface area (Å²) in [4.78, 5) is 9.66. The summed E-state index contributed by atoms with van der Waals surface area (Å²) in [6.07, 6.45) is 0. The van der Waals surface area contributed by atoms with Crippen LogP contribution in [0.3, 0.4) is 0 Å². The van der Waals surface area contributed by atoms with E-state index in [1.54, 1.807) is 0 Å². The number of benzene rings is 2. The number of morpholine rings is 1. The second-order valence-corrected chi connectivity index (χ2v) is 11.2. The minimum absolute atomic E-state index is 0.309. The van der Waals surface area contributed by atoms with Gasteiger partial charge in [-0.05, 0) is 30.7 Å². The van der Waals surface area contributed by atoms with Gasteiger partial charge in [-0.25, -0.2) is 4.98 Å². The Morgan fingerprint density at radius 3 is 2.42 bits per heavy atom. The summed E-state index contributed by atoms with van der Waals surface area (Å²) in [5.74, 6) is 1.61. The van der Waals surface area contributed by atoms with Gasteiger partial charge in [-0.15, -0.1) is 0 Å². The van der Waals surface area contributed by atoms with E-state index in [1.807, 2.05) is 60.0 Å². The SMILES string of the molecule is Cc1cc(N2C[C@@H]3[C@H](C2)C3(C#N)N2CCOCC2)n2nc(-c3ccccc3Cl)c(-c3ccc(Cl)cc3)c2n1. The van der Waals surface area contributed by atoms with Crippen molar-refractivity contribution >= 4 is 34.7 Å². The largest absolute Gasteiger partial charge is 0.379 e. The zero-order valence-electron chi connectivity index (χ0n) is 20.9. The van der Waals surface area contributed by atoms with Gasteiger partial charge < -0.3 is 9.64 Å². The lowest BCUT2D eigenvalue weighted by atomic mass is 10.0. The molecule has 7 rings (SSSR count).